The molecule has 0 fully saturated rings. The minimum absolute atomic E-state index is 0.301. The summed E-state index contributed by atoms with van der Waals surface area (Å²) in [6.07, 6.45) is 2.22. The van der Waals surface area contributed by atoms with Crippen LogP contribution in [0.4, 0.5) is 20.9 Å². The lowest BCUT2D eigenvalue weighted by Gasteiger charge is -2.11. The molecule has 0 aliphatic heterocycles. The molecule has 0 saturated heterocycles. The van der Waals surface area contributed by atoms with E-state index in [0.29, 0.717) is 39.8 Å². The van der Waals surface area contributed by atoms with E-state index in [9.17, 15) is 9.18 Å². The van der Waals surface area contributed by atoms with Crippen LogP contribution < -0.4 is 10.6 Å². The van der Waals surface area contributed by atoms with Crippen molar-refractivity contribution in [2.75, 3.05) is 10.6 Å². The molecule has 0 radical (unpaired) electrons. The number of carbonyl (C=O) groups is 1. The number of aromatic amines is 1. The van der Waals surface area contributed by atoms with Gasteiger partial charge >= 0.3 is 0 Å². The predicted molar refractivity (Wildman–Crippen MR) is 127 cm³/mol. The third-order valence-corrected chi connectivity index (χ3v) is 5.67. The van der Waals surface area contributed by atoms with Gasteiger partial charge in [0.1, 0.15) is 11.6 Å². The number of rotatable bonds is 8. The smallest absolute Gasteiger partial charge is 0.259 e. The number of aromatic nitrogens is 4. The zero-order chi connectivity index (χ0) is 22.5. The summed E-state index contributed by atoms with van der Waals surface area (Å²) in [5.41, 5.74) is 2.49. The van der Waals surface area contributed by atoms with Gasteiger partial charge < -0.3 is 5.32 Å². The first-order valence-electron chi connectivity index (χ1n) is 9.66. The molecule has 162 valence electrons. The Kier molecular flexibility index (Phi) is 6.52. The summed E-state index contributed by atoms with van der Waals surface area (Å²) in [4.78, 5) is 17.4. The van der Waals surface area contributed by atoms with Crippen LogP contribution in [0.25, 0.3) is 0 Å². The summed E-state index contributed by atoms with van der Waals surface area (Å²) in [5.74, 6) is 0.118. The monoisotopic (exact) mass is 466 g/mol. The van der Waals surface area contributed by atoms with Crippen molar-refractivity contribution in [3.05, 3.63) is 94.2 Å². The molecule has 32 heavy (non-hydrogen) atoms. The number of para-hydroxylation sites is 1. The quantitative estimate of drug-likeness (QED) is 0.242. The van der Waals surface area contributed by atoms with Crippen molar-refractivity contribution in [1.82, 2.24) is 19.7 Å². The van der Waals surface area contributed by atoms with E-state index < -0.39 is 0 Å². The number of halogens is 1. The Bertz CT molecular complexity index is 1310. The van der Waals surface area contributed by atoms with E-state index in [2.05, 4.69) is 32.4 Å². The van der Waals surface area contributed by atoms with Crippen LogP contribution in [0.3, 0.4) is 0 Å². The van der Waals surface area contributed by atoms with E-state index in [1.54, 1.807) is 36.4 Å². The maximum absolute atomic E-state index is 13.2. The van der Waals surface area contributed by atoms with E-state index in [1.165, 1.54) is 23.5 Å². The standard InChI is InChI=1S/C22H19FN6OS2/c1-2-11-29-19(27-28-22(29)31)12-16-13-32-21(25-16)26-20(30)17-5-3-4-6-18(17)24-15-9-7-14(23)8-10-15/h2-10,13,24H,1,11-12H2,(H,28,31)(H,25,26,30). The van der Waals surface area contributed by atoms with Gasteiger partial charge in [-0.15, -0.1) is 17.9 Å². The normalized spacial score (nSPS) is 10.7. The molecule has 4 rings (SSSR count). The van der Waals surface area contributed by atoms with Gasteiger partial charge in [-0.1, -0.05) is 18.2 Å². The molecular weight excluding hydrogens is 447 g/mol. The molecule has 7 nitrogen and oxygen atoms in total. The maximum Gasteiger partial charge on any atom is 0.259 e. The van der Waals surface area contributed by atoms with Crippen LogP contribution in [0.15, 0.2) is 66.6 Å². The van der Waals surface area contributed by atoms with E-state index in [-0.39, 0.29) is 11.7 Å². The SMILES string of the molecule is C=CCn1c(Cc2csc(NC(=O)c3ccccc3Nc3ccc(F)cc3)n2)n[nH]c1=S. The molecule has 2 aromatic heterocycles. The van der Waals surface area contributed by atoms with Gasteiger partial charge in [0.15, 0.2) is 9.90 Å². The molecule has 4 aromatic rings. The first-order chi connectivity index (χ1) is 15.5. The summed E-state index contributed by atoms with van der Waals surface area (Å²) in [6.45, 7) is 4.29. The second-order valence-electron chi connectivity index (χ2n) is 6.80. The lowest BCUT2D eigenvalue weighted by molar-refractivity contribution is 0.102. The van der Waals surface area contributed by atoms with Crippen LogP contribution in [0, 0.1) is 10.6 Å². The van der Waals surface area contributed by atoms with Crippen LogP contribution in [0.1, 0.15) is 21.9 Å². The van der Waals surface area contributed by atoms with Crippen molar-refractivity contribution in [3.63, 3.8) is 0 Å². The summed E-state index contributed by atoms with van der Waals surface area (Å²) < 4.78 is 15.5. The summed E-state index contributed by atoms with van der Waals surface area (Å²) in [5, 5.41) is 15.4. The second kappa shape index (κ2) is 9.67. The molecule has 0 spiro atoms. The number of nitrogens with one attached hydrogen (secondary N) is 3. The highest BCUT2D eigenvalue weighted by atomic mass is 32.1. The van der Waals surface area contributed by atoms with Gasteiger partial charge in [0, 0.05) is 17.6 Å². The Morgan fingerprint density at radius 1 is 1.25 bits per heavy atom. The maximum atomic E-state index is 13.2. The fourth-order valence-corrected chi connectivity index (χ4v) is 3.98. The molecule has 1 amide bonds. The molecule has 0 saturated carbocycles. The predicted octanol–water partition coefficient (Wildman–Crippen LogP) is 5.31. The third kappa shape index (κ3) is 4.98. The van der Waals surface area contributed by atoms with Crippen LogP contribution in [-0.2, 0) is 13.0 Å². The number of allylic oxidation sites excluding steroid dienone is 1. The Balaban J connectivity index is 1.47. The first kappa shape index (κ1) is 21.6. The van der Waals surface area contributed by atoms with Gasteiger partial charge in [-0.3, -0.25) is 19.8 Å². The second-order valence-corrected chi connectivity index (χ2v) is 8.04. The minimum Gasteiger partial charge on any atom is -0.355 e. The molecule has 2 aromatic carbocycles. The van der Waals surface area contributed by atoms with Crippen LogP contribution in [0.2, 0.25) is 0 Å². The third-order valence-electron chi connectivity index (χ3n) is 4.56. The van der Waals surface area contributed by atoms with E-state index in [1.807, 2.05) is 16.0 Å². The highest BCUT2D eigenvalue weighted by molar-refractivity contribution is 7.71. The summed E-state index contributed by atoms with van der Waals surface area (Å²) >= 11 is 6.56. The lowest BCUT2D eigenvalue weighted by atomic mass is 10.1. The van der Waals surface area contributed by atoms with E-state index >= 15 is 0 Å². The molecular formula is C22H19FN6OS2. The van der Waals surface area contributed by atoms with Crippen LogP contribution in [0.5, 0.6) is 0 Å². The number of carbonyl (C=O) groups excluding carboxylic acids is 1. The molecule has 0 unspecified atom stereocenters. The molecule has 0 aliphatic carbocycles. The number of hydrogen-bond donors (Lipinski definition) is 3. The molecule has 0 bridgehead atoms. The van der Waals surface area contributed by atoms with Crippen molar-refractivity contribution in [2.45, 2.75) is 13.0 Å². The lowest BCUT2D eigenvalue weighted by Crippen LogP contribution is -2.14. The Labute approximate surface area is 192 Å². The highest BCUT2D eigenvalue weighted by Gasteiger charge is 2.15. The fourth-order valence-electron chi connectivity index (χ4n) is 3.05. The zero-order valence-corrected chi connectivity index (χ0v) is 18.5. The average molecular weight is 467 g/mol. The fraction of sp³-hybridized carbons (Fsp3) is 0.0909. The minimum atomic E-state index is -0.324. The van der Waals surface area contributed by atoms with Crippen molar-refractivity contribution >= 4 is 46.0 Å². The number of benzene rings is 2. The van der Waals surface area contributed by atoms with Gasteiger partial charge in [0.2, 0.25) is 0 Å². The van der Waals surface area contributed by atoms with Crippen molar-refractivity contribution in [1.29, 1.82) is 0 Å². The Hall–Kier alpha value is -3.63. The number of H-pyrrole nitrogens is 1. The van der Waals surface area contributed by atoms with Gasteiger partial charge in [-0.2, -0.15) is 5.10 Å². The van der Waals surface area contributed by atoms with Crippen LogP contribution in [-0.4, -0.2) is 25.7 Å². The average Bonchev–Trinajstić information content (AvgIpc) is 3.37. The Morgan fingerprint density at radius 3 is 2.81 bits per heavy atom. The van der Waals surface area contributed by atoms with Crippen molar-refractivity contribution in [3.8, 4) is 0 Å². The van der Waals surface area contributed by atoms with Gasteiger partial charge in [-0.05, 0) is 48.6 Å². The number of hydrogen-bond acceptors (Lipinski definition) is 6. The number of thiazole rings is 1. The number of amides is 1. The first-order valence-corrected chi connectivity index (χ1v) is 10.9. The highest BCUT2D eigenvalue weighted by Crippen LogP contribution is 2.24. The largest absolute Gasteiger partial charge is 0.355 e. The van der Waals surface area contributed by atoms with Crippen molar-refractivity contribution < 1.29 is 9.18 Å². The van der Waals surface area contributed by atoms with Gasteiger partial charge in [-0.25, -0.2) is 9.37 Å². The van der Waals surface area contributed by atoms with Crippen LogP contribution >= 0.6 is 23.6 Å². The molecule has 0 atom stereocenters. The summed E-state index contributed by atoms with van der Waals surface area (Å²) in [6, 6.07) is 13.0. The van der Waals surface area contributed by atoms with E-state index in [0.717, 1.165) is 11.5 Å². The van der Waals surface area contributed by atoms with Crippen molar-refractivity contribution in [2.24, 2.45) is 0 Å². The molecule has 10 heteroatoms. The number of anilines is 3. The Morgan fingerprint density at radius 2 is 2.03 bits per heavy atom. The van der Waals surface area contributed by atoms with Gasteiger partial charge in [0.05, 0.1) is 23.4 Å². The van der Waals surface area contributed by atoms with Gasteiger partial charge in [0.25, 0.3) is 5.91 Å². The number of nitrogens with zero attached hydrogens (tertiary/aromatic N) is 3. The zero-order valence-electron chi connectivity index (χ0n) is 16.8. The topological polar surface area (TPSA) is 87.6 Å². The van der Waals surface area contributed by atoms with E-state index in [4.69, 9.17) is 12.2 Å². The molecule has 0 aliphatic rings. The molecule has 3 N–H and O–H groups in total. The summed E-state index contributed by atoms with van der Waals surface area (Å²) in [7, 11) is 0. The molecule has 2 heterocycles.